The monoisotopic (exact) mass is 396 g/mol. The highest BCUT2D eigenvalue weighted by Gasteiger charge is 2.17. The van der Waals surface area contributed by atoms with Gasteiger partial charge in [-0.05, 0) is 31.2 Å². The summed E-state index contributed by atoms with van der Waals surface area (Å²) in [6, 6.07) is 10.4. The first-order valence-electron chi connectivity index (χ1n) is 8.80. The normalized spacial score (nSPS) is 9.97. The number of benzene rings is 2. The molecule has 0 bridgehead atoms. The Morgan fingerprint density at radius 1 is 1.34 bits per heavy atom. The Labute approximate surface area is 167 Å². The molecule has 0 fully saturated rings. The maximum absolute atomic E-state index is 12.6. The van der Waals surface area contributed by atoms with Gasteiger partial charge in [0.15, 0.2) is 6.29 Å². The lowest BCUT2D eigenvalue weighted by atomic mass is 10.1. The number of anilines is 2. The maximum Gasteiger partial charge on any atom is 0.269 e. The van der Waals surface area contributed by atoms with E-state index in [0.717, 1.165) is 0 Å². The fourth-order valence-electron chi connectivity index (χ4n) is 2.76. The average Bonchev–Trinajstić information content (AvgIpc) is 2.74. The molecule has 2 aromatic carbocycles. The lowest BCUT2D eigenvalue weighted by Gasteiger charge is -2.25. The summed E-state index contributed by atoms with van der Waals surface area (Å²) in [5, 5.41) is 22.3. The Kier molecular flexibility index (Phi) is 7.26. The average molecular weight is 396 g/mol. The van der Waals surface area contributed by atoms with Gasteiger partial charge in [-0.3, -0.25) is 19.7 Å². The van der Waals surface area contributed by atoms with Crippen molar-refractivity contribution in [3.63, 3.8) is 0 Å². The zero-order valence-corrected chi connectivity index (χ0v) is 16.0. The van der Waals surface area contributed by atoms with Crippen molar-refractivity contribution in [1.29, 1.82) is 5.26 Å². The molecule has 2 rings (SSSR count). The van der Waals surface area contributed by atoms with Crippen molar-refractivity contribution in [2.75, 3.05) is 30.4 Å². The molecule has 150 valence electrons. The Balaban J connectivity index is 2.38. The maximum atomic E-state index is 12.6. The van der Waals surface area contributed by atoms with E-state index in [4.69, 9.17) is 10.00 Å². The van der Waals surface area contributed by atoms with Crippen LogP contribution in [0.5, 0.6) is 5.75 Å². The molecule has 1 amide bonds. The fourth-order valence-corrected chi connectivity index (χ4v) is 2.76. The van der Waals surface area contributed by atoms with Gasteiger partial charge in [-0.2, -0.15) is 5.26 Å². The van der Waals surface area contributed by atoms with Crippen LogP contribution >= 0.6 is 0 Å². The molecular formula is C20H20N4O5. The molecular weight excluding hydrogens is 376 g/mol. The van der Waals surface area contributed by atoms with E-state index in [2.05, 4.69) is 11.4 Å². The minimum Gasteiger partial charge on any atom is -0.495 e. The second-order valence-corrected chi connectivity index (χ2v) is 5.98. The largest absolute Gasteiger partial charge is 0.495 e. The van der Waals surface area contributed by atoms with Gasteiger partial charge < -0.3 is 15.0 Å². The zero-order chi connectivity index (χ0) is 21.4. The van der Waals surface area contributed by atoms with Gasteiger partial charge in [0.2, 0.25) is 0 Å². The number of ether oxygens (including phenoxy) is 1. The van der Waals surface area contributed by atoms with Crippen LogP contribution in [-0.4, -0.2) is 37.3 Å². The number of carbonyl (C=O) groups is 2. The highest BCUT2D eigenvalue weighted by molar-refractivity contribution is 6.07. The standard InChI is InChI=1S/C20H20N4O5/c1-3-23(10-4-9-21)18-12-17(15(13-25)11-19(18)29-2)22-20(26)14-5-7-16(8-6-14)24(27)28/h5-8,11-13H,3-4,10H2,1-2H3,(H,22,26). The Morgan fingerprint density at radius 2 is 2.03 bits per heavy atom. The van der Waals surface area contributed by atoms with E-state index in [1.165, 1.54) is 37.4 Å². The number of hydrogen-bond donors (Lipinski definition) is 1. The molecule has 0 aliphatic heterocycles. The van der Waals surface area contributed by atoms with Crippen LogP contribution in [-0.2, 0) is 0 Å². The molecule has 9 nitrogen and oxygen atoms in total. The predicted octanol–water partition coefficient (Wildman–Crippen LogP) is 3.41. The van der Waals surface area contributed by atoms with E-state index >= 15 is 0 Å². The Hall–Kier alpha value is -3.93. The second-order valence-electron chi connectivity index (χ2n) is 5.98. The van der Waals surface area contributed by atoms with Crippen molar-refractivity contribution in [3.05, 3.63) is 57.6 Å². The SMILES string of the molecule is CCN(CCC#N)c1cc(NC(=O)c2ccc([N+](=O)[O-])cc2)c(C=O)cc1OC. The smallest absolute Gasteiger partial charge is 0.269 e. The van der Waals surface area contributed by atoms with E-state index in [9.17, 15) is 19.7 Å². The first kappa shape index (κ1) is 21.4. The number of aldehydes is 1. The molecule has 1 N–H and O–H groups in total. The number of nitriles is 1. The van der Waals surface area contributed by atoms with Crippen LogP contribution in [0.1, 0.15) is 34.1 Å². The molecule has 2 aromatic rings. The lowest BCUT2D eigenvalue weighted by Crippen LogP contribution is -2.24. The summed E-state index contributed by atoms with van der Waals surface area (Å²) in [5.41, 5.74) is 1.21. The summed E-state index contributed by atoms with van der Waals surface area (Å²) in [6.07, 6.45) is 0.903. The zero-order valence-electron chi connectivity index (χ0n) is 16.0. The van der Waals surface area contributed by atoms with E-state index in [1.54, 1.807) is 6.07 Å². The van der Waals surface area contributed by atoms with Gasteiger partial charge in [-0.1, -0.05) is 0 Å². The Morgan fingerprint density at radius 3 is 2.55 bits per heavy atom. The van der Waals surface area contributed by atoms with E-state index < -0.39 is 10.8 Å². The molecule has 0 unspecified atom stereocenters. The van der Waals surface area contributed by atoms with Gasteiger partial charge >= 0.3 is 0 Å². The minimum atomic E-state index is -0.553. The quantitative estimate of drug-likeness (QED) is 0.391. The van der Waals surface area contributed by atoms with Crippen LogP contribution in [0.25, 0.3) is 0 Å². The van der Waals surface area contributed by atoms with E-state index in [-0.39, 0.29) is 22.5 Å². The second kappa shape index (κ2) is 9.85. The van der Waals surface area contributed by atoms with Crippen molar-refractivity contribution in [2.24, 2.45) is 0 Å². The van der Waals surface area contributed by atoms with Crippen LogP contribution in [0.3, 0.4) is 0 Å². The van der Waals surface area contributed by atoms with Crippen molar-refractivity contribution in [2.45, 2.75) is 13.3 Å². The van der Waals surface area contributed by atoms with E-state index in [0.29, 0.717) is 37.2 Å². The fraction of sp³-hybridized carbons (Fsp3) is 0.250. The third-order valence-corrected chi connectivity index (χ3v) is 4.28. The number of non-ortho nitro benzene ring substituents is 1. The van der Waals surface area contributed by atoms with Gasteiger partial charge in [0.1, 0.15) is 5.75 Å². The number of nitrogens with zero attached hydrogens (tertiary/aromatic N) is 3. The van der Waals surface area contributed by atoms with Crippen molar-refractivity contribution < 1.29 is 19.2 Å². The number of carbonyl (C=O) groups excluding carboxylic acids is 2. The summed E-state index contributed by atoms with van der Waals surface area (Å²) in [5.74, 6) is -0.0700. The number of hydrogen-bond acceptors (Lipinski definition) is 7. The van der Waals surface area contributed by atoms with Crippen molar-refractivity contribution in [1.82, 2.24) is 0 Å². The van der Waals surface area contributed by atoms with Crippen LogP contribution < -0.4 is 15.0 Å². The first-order valence-corrected chi connectivity index (χ1v) is 8.80. The molecule has 0 heterocycles. The van der Waals surface area contributed by atoms with Crippen molar-refractivity contribution >= 4 is 29.3 Å². The van der Waals surface area contributed by atoms with Crippen LogP contribution in [0, 0.1) is 21.4 Å². The summed E-state index contributed by atoms with van der Waals surface area (Å²) in [4.78, 5) is 36.2. The van der Waals surface area contributed by atoms with Gasteiger partial charge in [-0.25, -0.2) is 0 Å². The Bertz CT molecular complexity index is 951. The highest BCUT2D eigenvalue weighted by atomic mass is 16.6. The molecule has 0 saturated carbocycles. The molecule has 0 aliphatic carbocycles. The molecule has 0 spiro atoms. The van der Waals surface area contributed by atoms with Crippen LogP contribution in [0.2, 0.25) is 0 Å². The summed E-state index contributed by atoms with van der Waals surface area (Å²) in [6.45, 7) is 2.97. The number of amides is 1. The third kappa shape index (κ3) is 5.07. The number of nitro benzene ring substituents is 1. The van der Waals surface area contributed by atoms with Gasteiger partial charge in [0.05, 0.1) is 35.9 Å². The van der Waals surface area contributed by atoms with Crippen LogP contribution in [0.4, 0.5) is 17.1 Å². The molecule has 0 aliphatic rings. The molecule has 9 heteroatoms. The van der Waals surface area contributed by atoms with Crippen molar-refractivity contribution in [3.8, 4) is 11.8 Å². The minimum absolute atomic E-state index is 0.127. The molecule has 0 saturated heterocycles. The number of rotatable bonds is 9. The third-order valence-electron chi connectivity index (χ3n) is 4.28. The number of methoxy groups -OCH3 is 1. The predicted molar refractivity (Wildman–Crippen MR) is 108 cm³/mol. The lowest BCUT2D eigenvalue weighted by molar-refractivity contribution is -0.384. The molecule has 29 heavy (non-hydrogen) atoms. The highest BCUT2D eigenvalue weighted by Crippen LogP contribution is 2.34. The summed E-state index contributed by atoms with van der Waals surface area (Å²) < 4.78 is 5.37. The van der Waals surface area contributed by atoms with Crippen LogP contribution in [0.15, 0.2) is 36.4 Å². The molecule has 0 aromatic heterocycles. The molecule has 0 radical (unpaired) electrons. The summed E-state index contributed by atoms with van der Waals surface area (Å²) in [7, 11) is 1.47. The van der Waals surface area contributed by atoms with Gasteiger partial charge in [0.25, 0.3) is 11.6 Å². The summed E-state index contributed by atoms with van der Waals surface area (Å²) >= 11 is 0. The first-order chi connectivity index (χ1) is 13.9. The van der Waals surface area contributed by atoms with Gasteiger partial charge in [-0.15, -0.1) is 0 Å². The molecule has 0 atom stereocenters. The van der Waals surface area contributed by atoms with E-state index in [1.807, 2.05) is 11.8 Å². The van der Waals surface area contributed by atoms with Gasteiger partial charge in [0, 0.05) is 36.3 Å². The topological polar surface area (TPSA) is 126 Å². The number of nitro groups is 1. The number of nitrogens with one attached hydrogen (secondary N) is 1.